The van der Waals surface area contributed by atoms with Crippen molar-refractivity contribution in [2.24, 2.45) is 0 Å². The van der Waals surface area contributed by atoms with E-state index < -0.39 is 10.0 Å². The molecule has 2 aromatic rings. The molecule has 31 heavy (non-hydrogen) atoms. The zero-order valence-electron chi connectivity index (χ0n) is 17.4. The highest BCUT2D eigenvalue weighted by Gasteiger charge is 2.28. The van der Waals surface area contributed by atoms with E-state index in [4.69, 9.17) is 5.26 Å². The van der Waals surface area contributed by atoms with Crippen LogP contribution in [0.25, 0.3) is 0 Å². The summed E-state index contributed by atoms with van der Waals surface area (Å²) in [5, 5.41) is 11.8. The minimum absolute atomic E-state index is 0.0239. The van der Waals surface area contributed by atoms with Crippen LogP contribution in [-0.4, -0.2) is 49.7 Å². The number of nitriles is 1. The summed E-state index contributed by atoms with van der Waals surface area (Å²) < 4.78 is 28.2. The fourth-order valence-corrected chi connectivity index (χ4v) is 5.67. The van der Waals surface area contributed by atoms with Gasteiger partial charge < -0.3 is 5.32 Å². The number of sulfonamides is 1. The Hall–Kier alpha value is -2.73. The van der Waals surface area contributed by atoms with Crippen molar-refractivity contribution in [3.05, 3.63) is 59.2 Å². The molecular formula is C23H26N4O3S. The Labute approximate surface area is 183 Å². The van der Waals surface area contributed by atoms with Crippen LogP contribution in [0.4, 0.5) is 5.69 Å². The van der Waals surface area contributed by atoms with Crippen LogP contribution in [0.15, 0.2) is 47.4 Å². The summed E-state index contributed by atoms with van der Waals surface area (Å²) in [6, 6.07) is 14.7. The predicted molar refractivity (Wildman–Crippen MR) is 118 cm³/mol. The summed E-state index contributed by atoms with van der Waals surface area (Å²) in [7, 11) is -3.59. The molecule has 0 spiro atoms. The van der Waals surface area contributed by atoms with Crippen LogP contribution < -0.4 is 5.32 Å². The topological polar surface area (TPSA) is 93.5 Å². The first-order valence-electron chi connectivity index (χ1n) is 10.6. The molecule has 1 amide bonds. The van der Waals surface area contributed by atoms with Crippen molar-refractivity contribution in [2.45, 2.75) is 37.1 Å². The molecule has 7 nitrogen and oxygen atoms in total. The van der Waals surface area contributed by atoms with Gasteiger partial charge in [-0.15, -0.1) is 0 Å². The number of nitrogens with zero attached hydrogens (tertiary/aromatic N) is 3. The Morgan fingerprint density at radius 2 is 1.77 bits per heavy atom. The van der Waals surface area contributed by atoms with E-state index in [1.54, 1.807) is 22.5 Å². The summed E-state index contributed by atoms with van der Waals surface area (Å²) in [5.74, 6) is -0.0239. The number of fused-ring (bicyclic) bond motifs is 1. The Bertz CT molecular complexity index is 1110. The van der Waals surface area contributed by atoms with Crippen molar-refractivity contribution < 1.29 is 13.2 Å². The molecule has 0 atom stereocenters. The first-order chi connectivity index (χ1) is 15.0. The SMILES string of the molecule is N#Cc1ccc(CN2CCCN(S(=O)(=O)c3ccc4c(c3)CCCC(=O)N4)CC2)cc1. The molecule has 0 bridgehead atoms. The third-order valence-corrected chi connectivity index (χ3v) is 7.77. The fourth-order valence-electron chi connectivity index (χ4n) is 4.15. The van der Waals surface area contributed by atoms with Crippen molar-refractivity contribution >= 4 is 21.6 Å². The largest absolute Gasteiger partial charge is 0.326 e. The van der Waals surface area contributed by atoms with Crippen LogP contribution in [0.3, 0.4) is 0 Å². The Kier molecular flexibility index (Phi) is 6.37. The number of carbonyl (C=O) groups excluding carboxylic acids is 1. The molecule has 0 saturated carbocycles. The Morgan fingerprint density at radius 3 is 2.55 bits per heavy atom. The van der Waals surface area contributed by atoms with E-state index in [0.29, 0.717) is 48.6 Å². The number of carbonyl (C=O) groups is 1. The van der Waals surface area contributed by atoms with Gasteiger partial charge in [0.2, 0.25) is 15.9 Å². The number of aryl methyl sites for hydroxylation is 1. The van der Waals surface area contributed by atoms with E-state index in [-0.39, 0.29) is 5.91 Å². The van der Waals surface area contributed by atoms with Crippen LogP contribution in [0.1, 0.15) is 36.0 Å². The van der Waals surface area contributed by atoms with Gasteiger partial charge in [-0.1, -0.05) is 12.1 Å². The lowest BCUT2D eigenvalue weighted by Crippen LogP contribution is -2.35. The van der Waals surface area contributed by atoms with E-state index in [1.165, 1.54) is 0 Å². The molecule has 2 aliphatic heterocycles. The molecule has 2 heterocycles. The number of anilines is 1. The number of amides is 1. The highest BCUT2D eigenvalue weighted by Crippen LogP contribution is 2.27. The van der Waals surface area contributed by atoms with Crippen molar-refractivity contribution in [3.63, 3.8) is 0 Å². The van der Waals surface area contributed by atoms with Gasteiger partial charge in [-0.25, -0.2) is 8.42 Å². The smallest absolute Gasteiger partial charge is 0.243 e. The van der Waals surface area contributed by atoms with Gasteiger partial charge in [0.05, 0.1) is 16.5 Å². The first kappa shape index (κ1) is 21.5. The second-order valence-electron chi connectivity index (χ2n) is 8.06. The maximum absolute atomic E-state index is 13.3. The average Bonchev–Trinajstić information content (AvgIpc) is 3.11. The molecule has 162 valence electrons. The third-order valence-electron chi connectivity index (χ3n) is 5.88. The first-order valence-corrected chi connectivity index (χ1v) is 12.0. The number of rotatable bonds is 4. The lowest BCUT2D eigenvalue weighted by Gasteiger charge is -2.22. The fraction of sp³-hybridized carbons (Fsp3) is 0.391. The van der Waals surface area contributed by atoms with Gasteiger partial charge in [-0.3, -0.25) is 9.69 Å². The van der Waals surface area contributed by atoms with Crippen molar-refractivity contribution in [2.75, 3.05) is 31.5 Å². The highest BCUT2D eigenvalue weighted by atomic mass is 32.2. The van der Waals surface area contributed by atoms with Gasteiger partial charge in [-0.05, 0) is 67.3 Å². The zero-order valence-corrected chi connectivity index (χ0v) is 18.2. The Morgan fingerprint density at radius 1 is 0.968 bits per heavy atom. The molecule has 0 aromatic heterocycles. The zero-order chi connectivity index (χ0) is 21.8. The summed E-state index contributed by atoms with van der Waals surface area (Å²) in [6.07, 6.45) is 2.63. The molecule has 1 fully saturated rings. The predicted octanol–water partition coefficient (Wildman–Crippen LogP) is 2.73. The van der Waals surface area contributed by atoms with Gasteiger partial charge in [0.15, 0.2) is 0 Å². The summed E-state index contributed by atoms with van der Waals surface area (Å²) in [6.45, 7) is 3.13. The van der Waals surface area contributed by atoms with Crippen molar-refractivity contribution in [1.29, 1.82) is 5.26 Å². The van der Waals surface area contributed by atoms with Crippen LogP contribution in [0, 0.1) is 11.3 Å². The van der Waals surface area contributed by atoms with Crippen LogP contribution in [0.5, 0.6) is 0 Å². The molecule has 0 aliphatic carbocycles. The lowest BCUT2D eigenvalue weighted by atomic mass is 10.1. The lowest BCUT2D eigenvalue weighted by molar-refractivity contribution is -0.116. The van der Waals surface area contributed by atoms with E-state index in [2.05, 4.69) is 16.3 Å². The second-order valence-corrected chi connectivity index (χ2v) is 10.0. The van der Waals surface area contributed by atoms with Crippen molar-refractivity contribution in [3.8, 4) is 6.07 Å². The number of hydrogen-bond donors (Lipinski definition) is 1. The quantitative estimate of drug-likeness (QED) is 0.792. The second kappa shape index (κ2) is 9.18. The average molecular weight is 439 g/mol. The molecule has 1 N–H and O–H groups in total. The van der Waals surface area contributed by atoms with Crippen LogP contribution in [0.2, 0.25) is 0 Å². The molecule has 0 radical (unpaired) electrons. The molecule has 0 unspecified atom stereocenters. The summed E-state index contributed by atoms with van der Waals surface area (Å²) in [4.78, 5) is 14.3. The number of benzene rings is 2. The van der Waals surface area contributed by atoms with E-state index in [0.717, 1.165) is 37.1 Å². The van der Waals surface area contributed by atoms with Gasteiger partial charge in [0.25, 0.3) is 0 Å². The van der Waals surface area contributed by atoms with Crippen molar-refractivity contribution in [1.82, 2.24) is 9.21 Å². The minimum Gasteiger partial charge on any atom is -0.326 e. The number of nitrogens with one attached hydrogen (secondary N) is 1. The van der Waals surface area contributed by atoms with Crippen LogP contribution in [-0.2, 0) is 27.8 Å². The maximum atomic E-state index is 13.3. The van der Waals surface area contributed by atoms with E-state index >= 15 is 0 Å². The number of hydrogen-bond acceptors (Lipinski definition) is 5. The normalized spacial score (nSPS) is 18.4. The highest BCUT2D eigenvalue weighted by molar-refractivity contribution is 7.89. The summed E-state index contributed by atoms with van der Waals surface area (Å²) >= 11 is 0. The van der Waals surface area contributed by atoms with E-state index in [9.17, 15) is 13.2 Å². The monoisotopic (exact) mass is 438 g/mol. The standard InChI is InChI=1S/C23H26N4O3S/c24-16-18-5-7-19(8-6-18)17-26-11-2-12-27(14-13-26)31(29,30)21-9-10-22-20(15-21)3-1-4-23(28)25-22/h5-10,15H,1-4,11-14,17H2,(H,25,28). The van der Waals surface area contributed by atoms with Gasteiger partial charge >= 0.3 is 0 Å². The van der Waals surface area contributed by atoms with Gasteiger partial charge in [0, 0.05) is 38.3 Å². The minimum atomic E-state index is -3.59. The van der Waals surface area contributed by atoms with Crippen LogP contribution >= 0.6 is 0 Å². The summed E-state index contributed by atoms with van der Waals surface area (Å²) in [5.41, 5.74) is 3.34. The molecule has 8 heteroatoms. The van der Waals surface area contributed by atoms with Gasteiger partial charge in [-0.2, -0.15) is 9.57 Å². The molecule has 1 saturated heterocycles. The molecule has 4 rings (SSSR count). The molecule has 2 aliphatic rings. The van der Waals surface area contributed by atoms with Gasteiger partial charge in [0.1, 0.15) is 0 Å². The third kappa shape index (κ3) is 4.96. The molecular weight excluding hydrogens is 412 g/mol. The van der Waals surface area contributed by atoms with E-state index in [1.807, 2.05) is 24.3 Å². The molecule has 2 aromatic carbocycles. The maximum Gasteiger partial charge on any atom is 0.243 e. The Balaban J connectivity index is 1.45.